The maximum Gasteiger partial charge on any atom is 0.145 e. The van der Waals surface area contributed by atoms with Crippen LogP contribution < -0.4 is 0 Å². The van der Waals surface area contributed by atoms with Crippen molar-refractivity contribution in [2.75, 3.05) is 0 Å². The normalized spacial score (nSPS) is 32.1. The van der Waals surface area contributed by atoms with Crippen LogP contribution in [0, 0.1) is 5.82 Å². The Morgan fingerprint density at radius 3 is 3.00 bits per heavy atom. The van der Waals surface area contributed by atoms with Crippen LogP contribution in [0.15, 0.2) is 18.5 Å². The molecule has 1 aliphatic rings. The van der Waals surface area contributed by atoms with E-state index in [2.05, 4.69) is 27.8 Å². The lowest BCUT2D eigenvalue weighted by Gasteiger charge is -2.24. The predicted octanol–water partition coefficient (Wildman–Crippen LogP) is 3.43. The van der Waals surface area contributed by atoms with Crippen molar-refractivity contribution in [3.63, 3.8) is 0 Å². The lowest BCUT2D eigenvalue weighted by Crippen LogP contribution is -2.19. The summed E-state index contributed by atoms with van der Waals surface area (Å²) in [4.78, 5) is 4.31. The molecule has 0 spiro atoms. The molecule has 2 unspecified atom stereocenters. The number of alkyl halides is 1. The van der Waals surface area contributed by atoms with Gasteiger partial charge >= 0.3 is 0 Å². The molecular weight excluding hydrogens is 245 g/mol. The van der Waals surface area contributed by atoms with E-state index in [0.29, 0.717) is 4.83 Å². The van der Waals surface area contributed by atoms with E-state index in [9.17, 15) is 4.39 Å². The highest BCUT2D eigenvalue weighted by Crippen LogP contribution is 2.44. The zero-order valence-electron chi connectivity index (χ0n) is 8.13. The van der Waals surface area contributed by atoms with Crippen LogP contribution in [-0.4, -0.2) is 9.81 Å². The molecule has 0 N–H and O–H groups in total. The molecule has 1 aromatic rings. The van der Waals surface area contributed by atoms with E-state index in [0.717, 1.165) is 24.8 Å². The number of nitrogens with zero attached hydrogens (tertiary/aromatic N) is 1. The van der Waals surface area contributed by atoms with Crippen molar-refractivity contribution in [2.24, 2.45) is 0 Å². The minimum absolute atomic E-state index is 0.0127. The lowest BCUT2D eigenvalue weighted by atomic mass is 9.81. The Hall–Kier alpha value is -0.440. The number of pyridine rings is 1. The van der Waals surface area contributed by atoms with Crippen molar-refractivity contribution >= 4 is 15.9 Å². The van der Waals surface area contributed by atoms with Crippen molar-refractivity contribution in [3.05, 3.63) is 29.8 Å². The number of aromatic nitrogens is 1. The van der Waals surface area contributed by atoms with Crippen molar-refractivity contribution in [1.29, 1.82) is 0 Å². The fraction of sp³-hybridized carbons (Fsp3) is 0.545. The van der Waals surface area contributed by atoms with Gasteiger partial charge in [-0.05, 0) is 36.3 Å². The largest absolute Gasteiger partial charge is 0.262 e. The van der Waals surface area contributed by atoms with Crippen LogP contribution in [-0.2, 0) is 5.41 Å². The zero-order valence-corrected chi connectivity index (χ0v) is 9.72. The second-order valence-corrected chi connectivity index (χ2v) is 5.55. The molecular formula is C11H13BrFN. The Balaban J connectivity index is 2.35. The standard InChI is InChI=1S/C11H13BrFN/c1-11(4-2-8(12)6-11)9-3-5-14-7-10(9)13/h3,5,7-8H,2,4,6H2,1H3. The van der Waals surface area contributed by atoms with Crippen molar-refractivity contribution in [3.8, 4) is 0 Å². The Bertz CT molecular complexity index is 342. The Morgan fingerprint density at radius 1 is 1.64 bits per heavy atom. The van der Waals surface area contributed by atoms with Crippen molar-refractivity contribution in [1.82, 2.24) is 4.98 Å². The number of hydrogen-bond donors (Lipinski definition) is 0. The van der Waals surface area contributed by atoms with Crippen LogP contribution in [0.5, 0.6) is 0 Å². The molecule has 1 nitrogen and oxygen atoms in total. The summed E-state index contributed by atoms with van der Waals surface area (Å²) < 4.78 is 13.5. The van der Waals surface area contributed by atoms with Crippen LogP contribution in [0.1, 0.15) is 31.7 Å². The summed E-state index contributed by atoms with van der Waals surface area (Å²) >= 11 is 3.60. The molecule has 0 bridgehead atoms. The summed E-state index contributed by atoms with van der Waals surface area (Å²) in [6.07, 6.45) is 6.16. The maximum absolute atomic E-state index is 13.5. The van der Waals surface area contributed by atoms with Gasteiger partial charge in [0.15, 0.2) is 0 Å². The minimum atomic E-state index is -0.170. The van der Waals surface area contributed by atoms with E-state index in [1.807, 2.05) is 0 Å². The molecule has 1 fully saturated rings. The van der Waals surface area contributed by atoms with E-state index < -0.39 is 0 Å². The molecule has 0 aliphatic heterocycles. The Morgan fingerprint density at radius 2 is 2.43 bits per heavy atom. The van der Waals surface area contributed by atoms with Crippen molar-refractivity contribution < 1.29 is 4.39 Å². The van der Waals surface area contributed by atoms with Gasteiger partial charge < -0.3 is 0 Å². The molecule has 3 heteroatoms. The van der Waals surface area contributed by atoms with Gasteiger partial charge in [-0.1, -0.05) is 22.9 Å². The Labute approximate surface area is 91.9 Å². The van der Waals surface area contributed by atoms with E-state index in [1.54, 1.807) is 12.3 Å². The smallest absolute Gasteiger partial charge is 0.145 e. The molecule has 2 rings (SSSR count). The quantitative estimate of drug-likeness (QED) is 0.703. The predicted molar refractivity (Wildman–Crippen MR) is 58.1 cm³/mol. The number of halogens is 2. The molecule has 1 aliphatic carbocycles. The molecule has 2 atom stereocenters. The fourth-order valence-electron chi connectivity index (χ4n) is 2.28. The summed E-state index contributed by atoms with van der Waals surface area (Å²) in [5.74, 6) is -0.170. The SMILES string of the molecule is CC1(c2ccncc2F)CCC(Br)C1. The molecule has 14 heavy (non-hydrogen) atoms. The van der Waals surface area contributed by atoms with E-state index in [4.69, 9.17) is 0 Å². The summed E-state index contributed by atoms with van der Waals surface area (Å²) in [7, 11) is 0. The van der Waals surface area contributed by atoms with Gasteiger partial charge in [-0.2, -0.15) is 0 Å². The van der Waals surface area contributed by atoms with Crippen LogP contribution in [0.3, 0.4) is 0 Å². The third-order valence-electron chi connectivity index (χ3n) is 3.10. The molecule has 1 saturated carbocycles. The topological polar surface area (TPSA) is 12.9 Å². The summed E-state index contributed by atoms with van der Waals surface area (Å²) in [6.45, 7) is 2.13. The second-order valence-electron chi connectivity index (χ2n) is 4.26. The molecule has 76 valence electrons. The van der Waals surface area contributed by atoms with Gasteiger partial charge in [0.1, 0.15) is 5.82 Å². The first-order valence-corrected chi connectivity index (χ1v) is 5.77. The average molecular weight is 258 g/mol. The van der Waals surface area contributed by atoms with Crippen LogP contribution >= 0.6 is 15.9 Å². The third kappa shape index (κ3) is 1.70. The number of hydrogen-bond acceptors (Lipinski definition) is 1. The van der Waals surface area contributed by atoms with Gasteiger partial charge in [0.05, 0.1) is 6.20 Å². The van der Waals surface area contributed by atoms with Crippen LogP contribution in [0.4, 0.5) is 4.39 Å². The molecule has 0 aromatic carbocycles. The summed E-state index contributed by atoms with van der Waals surface area (Å²) in [5.41, 5.74) is 0.802. The first-order chi connectivity index (χ1) is 6.62. The molecule has 0 radical (unpaired) electrons. The van der Waals surface area contributed by atoms with Crippen molar-refractivity contribution in [2.45, 2.75) is 36.4 Å². The van der Waals surface area contributed by atoms with E-state index in [1.165, 1.54) is 6.20 Å². The maximum atomic E-state index is 13.5. The molecule has 1 heterocycles. The minimum Gasteiger partial charge on any atom is -0.262 e. The molecule has 0 saturated heterocycles. The highest BCUT2D eigenvalue weighted by atomic mass is 79.9. The van der Waals surface area contributed by atoms with Gasteiger partial charge in [-0.15, -0.1) is 0 Å². The lowest BCUT2D eigenvalue weighted by molar-refractivity contribution is 0.456. The Kier molecular flexibility index (Phi) is 2.60. The van der Waals surface area contributed by atoms with Gasteiger partial charge in [-0.25, -0.2) is 4.39 Å². The first-order valence-electron chi connectivity index (χ1n) is 4.86. The highest BCUT2D eigenvalue weighted by molar-refractivity contribution is 9.09. The number of rotatable bonds is 1. The molecule has 0 amide bonds. The fourth-order valence-corrected chi connectivity index (χ4v) is 3.22. The van der Waals surface area contributed by atoms with Gasteiger partial charge in [0.2, 0.25) is 0 Å². The van der Waals surface area contributed by atoms with E-state index >= 15 is 0 Å². The first kappa shape index (κ1) is 10.1. The van der Waals surface area contributed by atoms with E-state index in [-0.39, 0.29) is 11.2 Å². The third-order valence-corrected chi connectivity index (χ3v) is 3.89. The summed E-state index contributed by atoms with van der Waals surface area (Å²) in [5, 5.41) is 0. The van der Waals surface area contributed by atoms with Crippen LogP contribution in [0.25, 0.3) is 0 Å². The van der Waals surface area contributed by atoms with Gasteiger partial charge in [0.25, 0.3) is 0 Å². The molecule has 1 aromatic heterocycles. The highest BCUT2D eigenvalue weighted by Gasteiger charge is 2.37. The van der Waals surface area contributed by atoms with Gasteiger partial charge in [-0.3, -0.25) is 4.98 Å². The van der Waals surface area contributed by atoms with Crippen LogP contribution in [0.2, 0.25) is 0 Å². The zero-order chi connectivity index (χ0) is 10.2. The van der Waals surface area contributed by atoms with Gasteiger partial charge in [0, 0.05) is 11.0 Å². The summed E-state index contributed by atoms with van der Waals surface area (Å²) in [6, 6.07) is 1.81. The average Bonchev–Trinajstić information content (AvgIpc) is 2.48. The monoisotopic (exact) mass is 257 g/mol. The second kappa shape index (κ2) is 3.61.